The van der Waals surface area contributed by atoms with Gasteiger partial charge in [-0.05, 0) is 0 Å². The summed E-state index contributed by atoms with van der Waals surface area (Å²) in [5, 5.41) is 2.54. The third kappa shape index (κ3) is 8.08. The van der Waals surface area contributed by atoms with Gasteiger partial charge in [0.1, 0.15) is 18.8 Å². The number of carbonyl (C=O) groups excluding carboxylic acids is 5. The average molecular weight is 427 g/mol. The Morgan fingerprint density at radius 2 is 1.47 bits per heavy atom. The summed E-state index contributed by atoms with van der Waals surface area (Å²) < 4.78 is 26.2. The van der Waals surface area contributed by atoms with Crippen molar-refractivity contribution in [1.82, 2.24) is 5.32 Å². The lowest BCUT2D eigenvalue weighted by Gasteiger charge is -2.44. The fraction of sp³-hybridized carbons (Fsp3) is 0.632. The fourth-order valence-corrected chi connectivity index (χ4v) is 2.76. The molecule has 1 aliphatic heterocycles. The van der Waals surface area contributed by atoms with E-state index in [1.165, 1.54) is 0 Å². The van der Waals surface area contributed by atoms with Gasteiger partial charge in [-0.1, -0.05) is 0 Å². The van der Waals surface area contributed by atoms with Crippen molar-refractivity contribution in [2.45, 2.75) is 71.2 Å². The molecule has 0 aliphatic carbocycles. The topological polar surface area (TPSA) is 144 Å². The smallest absolute Gasteiger partial charge is 0.305 e. The largest absolute Gasteiger partial charge is 0.463 e. The number of hydrogen-bond acceptors (Lipinski definition) is 10. The zero-order chi connectivity index (χ0) is 22.8. The predicted molar refractivity (Wildman–Crippen MR) is 98.2 cm³/mol. The molecular weight excluding hydrogens is 402 g/mol. The van der Waals surface area contributed by atoms with Crippen molar-refractivity contribution >= 4 is 29.8 Å². The second-order valence-electron chi connectivity index (χ2n) is 6.40. The highest BCUT2D eigenvalue weighted by Gasteiger charge is 2.52. The Kier molecular flexibility index (Phi) is 9.77. The van der Waals surface area contributed by atoms with E-state index in [2.05, 4.69) is 11.2 Å². The molecule has 1 heterocycles. The van der Waals surface area contributed by atoms with Gasteiger partial charge in [0.05, 0.1) is 0 Å². The van der Waals surface area contributed by atoms with Gasteiger partial charge in [0.25, 0.3) is 0 Å². The van der Waals surface area contributed by atoms with Crippen molar-refractivity contribution < 1.29 is 47.7 Å². The number of amides is 1. The maximum atomic E-state index is 12.2. The van der Waals surface area contributed by atoms with E-state index in [-0.39, 0.29) is 19.4 Å². The van der Waals surface area contributed by atoms with Crippen LogP contribution in [0.3, 0.4) is 0 Å². The molecule has 1 saturated heterocycles. The summed E-state index contributed by atoms with van der Waals surface area (Å²) in [7, 11) is 0. The minimum atomic E-state index is -1.42. The van der Waals surface area contributed by atoms with Crippen molar-refractivity contribution in [2.75, 3.05) is 6.61 Å². The van der Waals surface area contributed by atoms with Gasteiger partial charge in [-0.3, -0.25) is 24.0 Å². The summed E-state index contributed by atoms with van der Waals surface area (Å²) in [5.74, 6) is -1.10. The molecule has 0 aromatic carbocycles. The van der Waals surface area contributed by atoms with E-state index in [9.17, 15) is 24.0 Å². The van der Waals surface area contributed by atoms with Gasteiger partial charge in [0.2, 0.25) is 12.2 Å². The molecule has 0 bridgehead atoms. The second kappa shape index (κ2) is 11.8. The third-order valence-electron chi connectivity index (χ3n) is 3.81. The van der Waals surface area contributed by atoms with Crippen LogP contribution in [0.4, 0.5) is 0 Å². The SMILES string of the molecule is C#CCCC(=O)N[C@H]1[C@H](OC(C)=O)O[C@H](COC(C)=O)[C@@H](OC(C)=O)[C@@H]1OC(C)=O. The first kappa shape index (κ1) is 24.9. The maximum Gasteiger partial charge on any atom is 0.305 e. The maximum absolute atomic E-state index is 12.2. The number of nitrogens with one attached hydrogen (secondary N) is 1. The standard InChI is InChI=1S/C19H25NO10/c1-6-7-8-15(25)20-16-18(28-12(4)23)17(27-11(3)22)14(9-26-10(2)21)30-19(16)29-13(5)24/h1,14,16-19H,7-9H2,2-5H3,(H,20,25)/t14-,16-,17-,18-,19-/m1/s1. The Bertz CT molecular complexity index is 713. The van der Waals surface area contributed by atoms with Crippen LogP contribution in [-0.2, 0) is 47.7 Å². The van der Waals surface area contributed by atoms with Gasteiger partial charge in [-0.25, -0.2) is 0 Å². The van der Waals surface area contributed by atoms with E-state index < -0.39 is 60.4 Å². The van der Waals surface area contributed by atoms with E-state index in [4.69, 9.17) is 30.1 Å². The molecule has 0 aromatic rings. The van der Waals surface area contributed by atoms with Gasteiger partial charge in [0, 0.05) is 40.5 Å². The first-order valence-electron chi connectivity index (χ1n) is 9.08. The van der Waals surface area contributed by atoms with E-state index >= 15 is 0 Å². The average Bonchev–Trinajstić information content (AvgIpc) is 2.62. The highest BCUT2D eigenvalue weighted by molar-refractivity contribution is 5.77. The first-order valence-corrected chi connectivity index (χ1v) is 9.08. The van der Waals surface area contributed by atoms with E-state index in [1.807, 2.05) is 0 Å². The van der Waals surface area contributed by atoms with Crippen LogP contribution in [0, 0.1) is 12.3 Å². The minimum Gasteiger partial charge on any atom is -0.463 e. The van der Waals surface area contributed by atoms with Crippen molar-refractivity contribution in [3.05, 3.63) is 0 Å². The molecule has 1 aliphatic rings. The van der Waals surface area contributed by atoms with Crippen LogP contribution >= 0.6 is 0 Å². The molecule has 0 radical (unpaired) electrons. The molecule has 0 saturated carbocycles. The molecule has 11 nitrogen and oxygen atoms in total. The van der Waals surface area contributed by atoms with E-state index in [0.29, 0.717) is 0 Å². The molecule has 1 amide bonds. The van der Waals surface area contributed by atoms with Crippen molar-refractivity contribution in [3.63, 3.8) is 0 Å². The lowest BCUT2D eigenvalue weighted by atomic mass is 9.96. The van der Waals surface area contributed by atoms with Crippen LogP contribution < -0.4 is 5.32 Å². The molecule has 11 heteroatoms. The first-order chi connectivity index (χ1) is 14.0. The van der Waals surface area contributed by atoms with Crippen LogP contribution in [0.1, 0.15) is 40.5 Å². The second-order valence-corrected chi connectivity index (χ2v) is 6.40. The summed E-state index contributed by atoms with van der Waals surface area (Å²) in [6.07, 6.45) is 0.0964. The van der Waals surface area contributed by atoms with Gasteiger partial charge >= 0.3 is 23.9 Å². The number of rotatable bonds is 8. The summed E-state index contributed by atoms with van der Waals surface area (Å²) in [5.41, 5.74) is 0. The van der Waals surface area contributed by atoms with E-state index in [1.54, 1.807) is 0 Å². The van der Waals surface area contributed by atoms with Gasteiger partial charge < -0.3 is 29.0 Å². The zero-order valence-corrected chi connectivity index (χ0v) is 17.2. The van der Waals surface area contributed by atoms with Crippen LogP contribution in [0.15, 0.2) is 0 Å². The van der Waals surface area contributed by atoms with E-state index in [0.717, 1.165) is 27.7 Å². The molecule has 0 spiro atoms. The lowest BCUT2D eigenvalue weighted by molar-refractivity contribution is -0.271. The predicted octanol–water partition coefficient (Wildman–Crippen LogP) is -0.401. The molecule has 5 atom stereocenters. The van der Waals surface area contributed by atoms with Crippen molar-refractivity contribution in [2.24, 2.45) is 0 Å². The fourth-order valence-electron chi connectivity index (χ4n) is 2.76. The molecule has 1 rings (SSSR count). The molecule has 1 fully saturated rings. The quantitative estimate of drug-likeness (QED) is 0.309. The minimum absolute atomic E-state index is 0.0539. The van der Waals surface area contributed by atoms with Crippen LogP contribution in [0.5, 0.6) is 0 Å². The summed E-state index contributed by atoms with van der Waals surface area (Å²) in [6, 6.07) is -1.22. The molecule has 0 aromatic heterocycles. The summed E-state index contributed by atoms with van der Waals surface area (Å²) in [4.78, 5) is 58.4. The Balaban J connectivity index is 3.30. The van der Waals surface area contributed by atoms with Gasteiger partial charge in [0.15, 0.2) is 12.2 Å². The molecular formula is C19H25NO10. The normalized spacial score (nSPS) is 25.2. The number of carbonyl (C=O) groups is 5. The number of hydrogen-bond donors (Lipinski definition) is 1. The highest BCUT2D eigenvalue weighted by atomic mass is 16.7. The number of esters is 4. The lowest BCUT2D eigenvalue weighted by Crippen LogP contribution is -2.67. The Labute approximate surface area is 173 Å². The Hall–Kier alpha value is -3.13. The molecule has 166 valence electrons. The van der Waals surface area contributed by atoms with Gasteiger partial charge in [-0.2, -0.15) is 0 Å². The zero-order valence-electron chi connectivity index (χ0n) is 17.2. The Morgan fingerprint density at radius 3 is 1.97 bits per heavy atom. The highest BCUT2D eigenvalue weighted by Crippen LogP contribution is 2.28. The summed E-state index contributed by atoms with van der Waals surface area (Å²) >= 11 is 0. The number of terminal acetylenes is 1. The molecule has 0 unspecified atom stereocenters. The van der Waals surface area contributed by atoms with Gasteiger partial charge in [-0.15, -0.1) is 12.3 Å². The van der Waals surface area contributed by atoms with Crippen molar-refractivity contribution in [3.8, 4) is 12.3 Å². The monoisotopic (exact) mass is 427 g/mol. The molecule has 30 heavy (non-hydrogen) atoms. The third-order valence-corrected chi connectivity index (χ3v) is 3.81. The Morgan fingerprint density at radius 1 is 0.900 bits per heavy atom. The molecule has 1 N–H and O–H groups in total. The number of ether oxygens (including phenoxy) is 5. The van der Waals surface area contributed by atoms with Crippen molar-refractivity contribution in [1.29, 1.82) is 0 Å². The summed E-state index contributed by atoms with van der Waals surface area (Å²) in [6.45, 7) is 4.11. The van der Waals surface area contributed by atoms with Crippen LogP contribution in [0.2, 0.25) is 0 Å². The van der Waals surface area contributed by atoms with Crippen LogP contribution in [0.25, 0.3) is 0 Å². The van der Waals surface area contributed by atoms with Crippen LogP contribution in [-0.4, -0.2) is 67.0 Å².